The molecule has 20 heavy (non-hydrogen) atoms. The van der Waals surface area contributed by atoms with Crippen LogP contribution in [0.4, 0.5) is 5.69 Å². The summed E-state index contributed by atoms with van der Waals surface area (Å²) >= 11 is 0. The second-order valence-electron chi connectivity index (χ2n) is 6.23. The third kappa shape index (κ3) is 1.95. The van der Waals surface area contributed by atoms with E-state index in [1.807, 2.05) is 14.0 Å². The fourth-order valence-corrected chi connectivity index (χ4v) is 3.64. The zero-order valence-electron chi connectivity index (χ0n) is 12.5. The van der Waals surface area contributed by atoms with Crippen molar-refractivity contribution in [2.24, 2.45) is 11.7 Å². The summed E-state index contributed by atoms with van der Waals surface area (Å²) in [6, 6.07) is 6.92. The van der Waals surface area contributed by atoms with Gasteiger partial charge in [0, 0.05) is 25.3 Å². The van der Waals surface area contributed by atoms with Crippen molar-refractivity contribution in [3.63, 3.8) is 0 Å². The lowest BCUT2D eigenvalue weighted by Gasteiger charge is -2.21. The Morgan fingerprint density at radius 2 is 2.10 bits per heavy atom. The minimum atomic E-state index is -0.0213. The van der Waals surface area contributed by atoms with Crippen molar-refractivity contribution in [3.05, 3.63) is 29.3 Å². The number of nitrogens with zero attached hydrogens (tertiary/aromatic N) is 2. The van der Waals surface area contributed by atoms with Gasteiger partial charge in [0.15, 0.2) is 0 Å². The van der Waals surface area contributed by atoms with E-state index in [0.717, 1.165) is 25.2 Å². The number of hydrogen-bond donors (Lipinski definition) is 1. The normalized spacial score (nSPS) is 30.1. The minimum Gasteiger partial charge on any atom is -0.330 e. The Balaban J connectivity index is 1.93. The lowest BCUT2D eigenvalue weighted by Crippen LogP contribution is -2.22. The van der Waals surface area contributed by atoms with Gasteiger partial charge in [-0.3, -0.25) is 9.69 Å². The standard InChI is InChI=1S/C16H23N3O/c1-10-13-7-12(4-5-14(13)19(3)16(10)20)15-6-11(8-17)9-18(15)2/h4-5,7,10-11,15H,6,8-9,17H2,1-3H3. The molecule has 4 heteroatoms. The number of carbonyl (C=O) groups excluding carboxylic acids is 1. The van der Waals surface area contributed by atoms with E-state index in [0.29, 0.717) is 12.0 Å². The molecule has 2 aliphatic heterocycles. The van der Waals surface area contributed by atoms with Crippen LogP contribution < -0.4 is 10.6 Å². The van der Waals surface area contributed by atoms with Gasteiger partial charge in [0.1, 0.15) is 0 Å². The lowest BCUT2D eigenvalue weighted by atomic mass is 9.95. The average Bonchev–Trinajstić information content (AvgIpc) is 2.93. The van der Waals surface area contributed by atoms with Crippen LogP contribution in [0.2, 0.25) is 0 Å². The van der Waals surface area contributed by atoms with Gasteiger partial charge in [-0.05, 0) is 50.0 Å². The van der Waals surface area contributed by atoms with Gasteiger partial charge in [-0.1, -0.05) is 12.1 Å². The van der Waals surface area contributed by atoms with E-state index in [9.17, 15) is 4.79 Å². The first kappa shape index (κ1) is 13.6. The molecular weight excluding hydrogens is 250 g/mol. The van der Waals surface area contributed by atoms with Crippen molar-refractivity contribution in [2.75, 3.05) is 32.1 Å². The molecule has 3 unspecified atom stereocenters. The molecule has 108 valence electrons. The summed E-state index contributed by atoms with van der Waals surface area (Å²) in [5.41, 5.74) is 9.35. The lowest BCUT2D eigenvalue weighted by molar-refractivity contribution is -0.118. The largest absolute Gasteiger partial charge is 0.330 e. The number of likely N-dealkylation sites (tertiary alicyclic amines) is 1. The molecule has 1 amide bonds. The second-order valence-corrected chi connectivity index (χ2v) is 6.23. The van der Waals surface area contributed by atoms with Crippen molar-refractivity contribution in [2.45, 2.75) is 25.3 Å². The highest BCUT2D eigenvalue weighted by molar-refractivity contribution is 6.04. The van der Waals surface area contributed by atoms with Gasteiger partial charge in [0.2, 0.25) is 5.91 Å². The number of rotatable bonds is 2. The predicted molar refractivity (Wildman–Crippen MR) is 80.8 cm³/mol. The van der Waals surface area contributed by atoms with Gasteiger partial charge in [-0.15, -0.1) is 0 Å². The Hall–Kier alpha value is -1.39. The number of nitrogens with two attached hydrogens (primary N) is 1. The third-order valence-corrected chi connectivity index (χ3v) is 4.93. The van der Waals surface area contributed by atoms with Gasteiger partial charge < -0.3 is 10.6 Å². The smallest absolute Gasteiger partial charge is 0.234 e. The van der Waals surface area contributed by atoms with Crippen LogP contribution in [0.5, 0.6) is 0 Å². The Morgan fingerprint density at radius 1 is 1.35 bits per heavy atom. The Labute approximate surface area is 120 Å². The fraction of sp³-hybridized carbons (Fsp3) is 0.562. The molecule has 0 aliphatic carbocycles. The zero-order valence-corrected chi connectivity index (χ0v) is 12.5. The number of carbonyl (C=O) groups is 1. The molecule has 0 aromatic heterocycles. The number of hydrogen-bond acceptors (Lipinski definition) is 3. The van der Waals surface area contributed by atoms with Crippen LogP contribution in [-0.2, 0) is 4.79 Å². The molecule has 1 saturated heterocycles. The quantitative estimate of drug-likeness (QED) is 0.892. The van der Waals surface area contributed by atoms with Crippen molar-refractivity contribution in [1.82, 2.24) is 4.90 Å². The highest BCUT2D eigenvalue weighted by Gasteiger charge is 2.34. The number of likely N-dealkylation sites (N-methyl/N-ethyl adjacent to an activating group) is 1. The van der Waals surface area contributed by atoms with Crippen LogP contribution in [-0.4, -0.2) is 38.0 Å². The van der Waals surface area contributed by atoms with Crippen LogP contribution in [0.1, 0.15) is 36.4 Å². The summed E-state index contributed by atoms with van der Waals surface area (Å²) in [6.45, 7) is 3.81. The van der Waals surface area contributed by atoms with E-state index in [-0.39, 0.29) is 11.8 Å². The Kier molecular flexibility index (Phi) is 3.30. The molecule has 0 radical (unpaired) electrons. The van der Waals surface area contributed by atoms with E-state index >= 15 is 0 Å². The maximum absolute atomic E-state index is 12.1. The van der Waals surface area contributed by atoms with Crippen LogP contribution >= 0.6 is 0 Å². The van der Waals surface area contributed by atoms with Crippen LogP contribution in [0.25, 0.3) is 0 Å². The van der Waals surface area contributed by atoms with E-state index < -0.39 is 0 Å². The van der Waals surface area contributed by atoms with Crippen molar-refractivity contribution < 1.29 is 4.79 Å². The van der Waals surface area contributed by atoms with E-state index in [1.165, 1.54) is 11.1 Å². The van der Waals surface area contributed by atoms with Gasteiger partial charge in [0.05, 0.1) is 5.92 Å². The van der Waals surface area contributed by atoms with Crippen LogP contribution in [0, 0.1) is 5.92 Å². The summed E-state index contributed by atoms with van der Waals surface area (Å²) in [7, 11) is 4.02. The molecule has 3 atom stereocenters. The summed E-state index contributed by atoms with van der Waals surface area (Å²) in [5, 5.41) is 0. The molecule has 2 N–H and O–H groups in total. The topological polar surface area (TPSA) is 49.6 Å². The predicted octanol–water partition coefficient (Wildman–Crippen LogP) is 1.72. The third-order valence-electron chi connectivity index (χ3n) is 4.93. The van der Waals surface area contributed by atoms with Crippen LogP contribution in [0.15, 0.2) is 18.2 Å². The number of benzene rings is 1. The molecule has 2 heterocycles. The first-order valence-corrected chi connectivity index (χ1v) is 7.34. The first-order chi connectivity index (χ1) is 9.52. The minimum absolute atomic E-state index is 0.0213. The van der Waals surface area contributed by atoms with Crippen molar-refractivity contribution in [1.29, 1.82) is 0 Å². The van der Waals surface area contributed by atoms with Gasteiger partial charge >= 0.3 is 0 Å². The summed E-state index contributed by atoms with van der Waals surface area (Å²) in [5.74, 6) is 0.753. The molecule has 0 saturated carbocycles. The summed E-state index contributed by atoms with van der Waals surface area (Å²) in [6.07, 6.45) is 1.12. The SMILES string of the molecule is CC1C(=O)N(C)c2ccc(C3CC(CN)CN3C)cc21. The van der Waals surface area contributed by atoms with Crippen molar-refractivity contribution >= 4 is 11.6 Å². The van der Waals surface area contributed by atoms with Gasteiger partial charge in [0.25, 0.3) is 0 Å². The maximum Gasteiger partial charge on any atom is 0.234 e. The van der Waals surface area contributed by atoms with Crippen LogP contribution in [0.3, 0.4) is 0 Å². The summed E-state index contributed by atoms with van der Waals surface area (Å²) in [4.78, 5) is 16.2. The second kappa shape index (κ2) is 4.86. The number of fused-ring (bicyclic) bond motifs is 1. The molecule has 2 aliphatic rings. The summed E-state index contributed by atoms with van der Waals surface area (Å²) < 4.78 is 0. The Bertz CT molecular complexity index is 543. The number of amides is 1. The van der Waals surface area contributed by atoms with E-state index in [1.54, 1.807) is 4.90 Å². The fourth-order valence-electron chi connectivity index (χ4n) is 3.64. The highest BCUT2D eigenvalue weighted by Crippen LogP contribution is 2.40. The number of anilines is 1. The molecule has 3 rings (SSSR count). The first-order valence-electron chi connectivity index (χ1n) is 7.34. The van der Waals surface area contributed by atoms with Gasteiger partial charge in [-0.2, -0.15) is 0 Å². The molecule has 4 nitrogen and oxygen atoms in total. The molecule has 0 bridgehead atoms. The molecule has 1 fully saturated rings. The maximum atomic E-state index is 12.1. The molecule has 0 spiro atoms. The van der Waals surface area contributed by atoms with Gasteiger partial charge in [-0.25, -0.2) is 0 Å². The average molecular weight is 273 g/mol. The van der Waals surface area contributed by atoms with E-state index in [4.69, 9.17) is 5.73 Å². The molecule has 1 aromatic rings. The highest BCUT2D eigenvalue weighted by atomic mass is 16.2. The molecule has 1 aromatic carbocycles. The zero-order chi connectivity index (χ0) is 14.4. The van der Waals surface area contributed by atoms with E-state index in [2.05, 4.69) is 30.1 Å². The van der Waals surface area contributed by atoms with Crippen molar-refractivity contribution in [3.8, 4) is 0 Å². The monoisotopic (exact) mass is 273 g/mol. The molecular formula is C16H23N3O. The Morgan fingerprint density at radius 3 is 2.75 bits per heavy atom.